The van der Waals surface area contributed by atoms with Gasteiger partial charge in [-0.15, -0.1) is 0 Å². The molecule has 0 bridgehead atoms. The van der Waals surface area contributed by atoms with Crippen LogP contribution < -0.4 is 19.5 Å². The summed E-state index contributed by atoms with van der Waals surface area (Å²) in [6.45, 7) is 1.94. The van der Waals surface area contributed by atoms with E-state index < -0.39 is 0 Å². The van der Waals surface area contributed by atoms with Crippen LogP contribution in [-0.2, 0) is 0 Å². The summed E-state index contributed by atoms with van der Waals surface area (Å²) in [7, 11) is 3.12. The van der Waals surface area contributed by atoms with Crippen molar-refractivity contribution >= 4 is 22.8 Å². The van der Waals surface area contributed by atoms with Gasteiger partial charge in [0.1, 0.15) is 5.52 Å². The lowest BCUT2D eigenvalue weighted by Crippen LogP contribution is -2.02. The molecule has 2 heterocycles. The largest absolute Gasteiger partial charge is 0.493 e. The molecular formula is C21H18N6O3. The van der Waals surface area contributed by atoms with Crippen LogP contribution in [0.25, 0.3) is 11.2 Å². The number of rotatable bonds is 6. The predicted octanol–water partition coefficient (Wildman–Crippen LogP) is 4.09. The van der Waals surface area contributed by atoms with Gasteiger partial charge in [0.25, 0.3) is 5.88 Å². The van der Waals surface area contributed by atoms with Crippen molar-refractivity contribution in [2.45, 2.75) is 6.92 Å². The molecule has 150 valence electrons. The molecule has 0 unspecified atom stereocenters. The van der Waals surface area contributed by atoms with Gasteiger partial charge in [0, 0.05) is 5.69 Å². The molecule has 2 N–H and O–H groups in total. The molecule has 0 saturated carbocycles. The van der Waals surface area contributed by atoms with E-state index in [0.29, 0.717) is 39.9 Å². The number of methoxy groups -OCH3 is 2. The molecule has 9 heteroatoms. The molecule has 2 aromatic heterocycles. The number of nitriles is 1. The number of nitrogens with one attached hydrogen (secondary N) is 2. The number of aryl methyl sites for hydroxylation is 1. The molecule has 0 atom stereocenters. The smallest absolute Gasteiger partial charge is 0.250 e. The average Bonchev–Trinajstić information content (AvgIpc) is 3.24. The number of imidazole rings is 1. The van der Waals surface area contributed by atoms with E-state index in [2.05, 4.69) is 31.3 Å². The Morgan fingerprint density at radius 2 is 1.73 bits per heavy atom. The number of anilines is 2. The Bertz CT molecular complexity index is 1220. The fraction of sp³-hybridized carbons (Fsp3) is 0.143. The summed E-state index contributed by atoms with van der Waals surface area (Å²) in [5.41, 5.74) is 3.21. The fourth-order valence-electron chi connectivity index (χ4n) is 2.90. The van der Waals surface area contributed by atoms with Crippen LogP contribution in [0.1, 0.15) is 11.1 Å². The lowest BCUT2D eigenvalue weighted by molar-refractivity contribution is 0.343. The number of aromatic nitrogens is 4. The van der Waals surface area contributed by atoms with Crippen molar-refractivity contribution in [2.75, 3.05) is 19.5 Å². The van der Waals surface area contributed by atoms with Crippen LogP contribution in [0, 0.1) is 18.3 Å². The van der Waals surface area contributed by atoms with Gasteiger partial charge in [-0.3, -0.25) is 0 Å². The van der Waals surface area contributed by atoms with E-state index in [1.807, 2.05) is 19.1 Å². The van der Waals surface area contributed by atoms with E-state index in [0.717, 1.165) is 11.3 Å². The van der Waals surface area contributed by atoms with E-state index in [4.69, 9.17) is 19.5 Å². The van der Waals surface area contributed by atoms with Gasteiger partial charge >= 0.3 is 0 Å². The molecule has 0 saturated heterocycles. The third-order valence-corrected chi connectivity index (χ3v) is 4.33. The molecule has 2 aromatic carbocycles. The van der Waals surface area contributed by atoms with Crippen molar-refractivity contribution in [3.05, 3.63) is 53.9 Å². The van der Waals surface area contributed by atoms with Crippen LogP contribution in [0.4, 0.5) is 11.6 Å². The number of aromatic amines is 1. The Balaban J connectivity index is 1.74. The minimum Gasteiger partial charge on any atom is -0.493 e. The van der Waals surface area contributed by atoms with E-state index in [-0.39, 0.29) is 5.88 Å². The maximum absolute atomic E-state index is 8.95. The number of fused-ring (bicyclic) bond motifs is 1. The van der Waals surface area contributed by atoms with Crippen molar-refractivity contribution in [3.8, 4) is 29.2 Å². The Morgan fingerprint density at radius 1 is 1.03 bits per heavy atom. The summed E-state index contributed by atoms with van der Waals surface area (Å²) in [5, 5.41) is 12.0. The summed E-state index contributed by atoms with van der Waals surface area (Å²) in [6.07, 6.45) is 1.52. The predicted molar refractivity (Wildman–Crippen MR) is 110 cm³/mol. The van der Waals surface area contributed by atoms with Crippen LogP contribution in [0.2, 0.25) is 0 Å². The number of benzene rings is 2. The zero-order valence-electron chi connectivity index (χ0n) is 16.6. The van der Waals surface area contributed by atoms with Gasteiger partial charge < -0.3 is 24.5 Å². The number of nitrogens with zero attached hydrogens (tertiary/aromatic N) is 4. The fourth-order valence-corrected chi connectivity index (χ4v) is 2.90. The van der Waals surface area contributed by atoms with E-state index in [1.165, 1.54) is 6.33 Å². The minimum atomic E-state index is 0.258. The number of hydrogen-bond acceptors (Lipinski definition) is 8. The van der Waals surface area contributed by atoms with Crippen molar-refractivity contribution in [3.63, 3.8) is 0 Å². The monoisotopic (exact) mass is 402 g/mol. The highest BCUT2D eigenvalue weighted by atomic mass is 16.5. The second kappa shape index (κ2) is 7.97. The van der Waals surface area contributed by atoms with Gasteiger partial charge in [-0.1, -0.05) is 0 Å². The van der Waals surface area contributed by atoms with Gasteiger partial charge in [0.15, 0.2) is 17.1 Å². The zero-order valence-corrected chi connectivity index (χ0v) is 16.6. The summed E-state index contributed by atoms with van der Waals surface area (Å²) >= 11 is 0. The summed E-state index contributed by atoms with van der Waals surface area (Å²) in [5.74, 6) is 1.97. The SMILES string of the molecule is COc1cc(C)cc(OC)c1Oc1nc(Nc2ccc(C#N)cc2)nc2nc[nH]c12. The standard InChI is InChI=1S/C21H18N6O3/c1-12-8-15(28-2)18(16(9-12)29-3)30-20-17-19(24-11-23-17)26-21(27-20)25-14-6-4-13(10-22)5-7-14/h4-9,11H,1-3H3,(H2,23,24,25,26,27). The first-order valence-electron chi connectivity index (χ1n) is 9.00. The molecule has 30 heavy (non-hydrogen) atoms. The van der Waals surface area contributed by atoms with E-state index >= 15 is 0 Å². The van der Waals surface area contributed by atoms with Crippen LogP contribution in [0.15, 0.2) is 42.7 Å². The van der Waals surface area contributed by atoms with Crippen molar-refractivity contribution < 1.29 is 14.2 Å². The highest BCUT2D eigenvalue weighted by Gasteiger charge is 2.19. The molecule has 0 fully saturated rings. The maximum atomic E-state index is 8.95. The summed E-state index contributed by atoms with van der Waals surface area (Å²) in [6, 6.07) is 12.7. The molecule has 0 radical (unpaired) electrons. The normalized spacial score (nSPS) is 10.5. The number of ether oxygens (including phenoxy) is 3. The van der Waals surface area contributed by atoms with Gasteiger partial charge in [0.2, 0.25) is 11.7 Å². The van der Waals surface area contributed by atoms with Crippen LogP contribution in [0.3, 0.4) is 0 Å². The maximum Gasteiger partial charge on any atom is 0.250 e. The lowest BCUT2D eigenvalue weighted by atomic mass is 10.2. The van der Waals surface area contributed by atoms with Crippen molar-refractivity contribution in [1.82, 2.24) is 19.9 Å². The third kappa shape index (κ3) is 3.66. The quantitative estimate of drug-likeness (QED) is 0.495. The molecule has 0 aliphatic carbocycles. The van der Waals surface area contributed by atoms with E-state index in [1.54, 1.807) is 38.5 Å². The summed E-state index contributed by atoms with van der Waals surface area (Å²) in [4.78, 5) is 16.1. The van der Waals surface area contributed by atoms with Crippen molar-refractivity contribution in [1.29, 1.82) is 5.26 Å². The zero-order chi connectivity index (χ0) is 21.1. The topological polar surface area (TPSA) is 118 Å². The molecule has 0 amide bonds. The molecule has 0 spiro atoms. The Hall–Kier alpha value is -4.32. The van der Waals surface area contributed by atoms with Gasteiger partial charge in [-0.25, -0.2) is 4.98 Å². The lowest BCUT2D eigenvalue weighted by Gasteiger charge is -2.15. The Kier molecular flexibility index (Phi) is 5.05. The molecule has 4 aromatic rings. The molecule has 4 rings (SSSR count). The molecule has 0 aliphatic heterocycles. The minimum absolute atomic E-state index is 0.258. The molecule has 9 nitrogen and oxygen atoms in total. The molecular weight excluding hydrogens is 384 g/mol. The second-order valence-corrected chi connectivity index (χ2v) is 6.37. The number of H-pyrrole nitrogens is 1. The first-order valence-corrected chi connectivity index (χ1v) is 9.00. The number of hydrogen-bond donors (Lipinski definition) is 2. The Morgan fingerprint density at radius 3 is 2.37 bits per heavy atom. The van der Waals surface area contributed by atoms with Crippen LogP contribution in [0.5, 0.6) is 23.1 Å². The Labute approximate surface area is 172 Å². The first-order chi connectivity index (χ1) is 14.6. The average molecular weight is 402 g/mol. The van der Waals surface area contributed by atoms with Crippen molar-refractivity contribution in [2.24, 2.45) is 0 Å². The highest BCUT2D eigenvalue weighted by molar-refractivity contribution is 5.78. The van der Waals surface area contributed by atoms with E-state index in [9.17, 15) is 0 Å². The van der Waals surface area contributed by atoms with Gasteiger partial charge in [-0.2, -0.15) is 15.2 Å². The van der Waals surface area contributed by atoms with Crippen LogP contribution in [-0.4, -0.2) is 34.2 Å². The first kappa shape index (κ1) is 19.0. The highest BCUT2D eigenvalue weighted by Crippen LogP contribution is 2.42. The van der Waals surface area contributed by atoms with Crippen LogP contribution >= 0.6 is 0 Å². The second-order valence-electron chi connectivity index (χ2n) is 6.37. The van der Waals surface area contributed by atoms with Gasteiger partial charge in [-0.05, 0) is 48.9 Å². The molecule has 0 aliphatic rings. The van der Waals surface area contributed by atoms with Gasteiger partial charge in [0.05, 0.1) is 32.2 Å². The summed E-state index contributed by atoms with van der Waals surface area (Å²) < 4.78 is 17.0. The third-order valence-electron chi connectivity index (χ3n) is 4.33.